The van der Waals surface area contributed by atoms with Crippen molar-refractivity contribution in [2.75, 3.05) is 11.6 Å². The van der Waals surface area contributed by atoms with E-state index in [4.69, 9.17) is 11.6 Å². The second kappa shape index (κ2) is 8.16. The molecule has 1 aromatic carbocycles. The molecule has 1 aromatic heterocycles. The summed E-state index contributed by atoms with van der Waals surface area (Å²) in [7, 11) is 0. The van der Waals surface area contributed by atoms with Gasteiger partial charge in [0.2, 0.25) is 5.91 Å². The maximum Gasteiger partial charge on any atom is 0.408 e. The van der Waals surface area contributed by atoms with E-state index >= 15 is 0 Å². The Morgan fingerprint density at radius 3 is 2.79 bits per heavy atom. The summed E-state index contributed by atoms with van der Waals surface area (Å²) in [5.41, 5.74) is 1.31. The molecule has 0 bridgehead atoms. The summed E-state index contributed by atoms with van der Waals surface area (Å²) < 4.78 is 1.46. The maximum atomic E-state index is 12.1. The average Bonchev–Trinajstić information content (AvgIpc) is 2.84. The van der Waals surface area contributed by atoms with Gasteiger partial charge in [-0.25, -0.2) is 0 Å². The van der Waals surface area contributed by atoms with Crippen LogP contribution in [0.3, 0.4) is 0 Å². The number of rotatable bonds is 7. The Kier molecular flexibility index (Phi) is 6.22. The van der Waals surface area contributed by atoms with E-state index in [2.05, 4.69) is 10.4 Å². The number of hydrogen-bond acceptors (Lipinski definition) is 5. The van der Waals surface area contributed by atoms with E-state index < -0.39 is 4.92 Å². The highest BCUT2D eigenvalue weighted by Crippen LogP contribution is 2.27. The maximum absolute atomic E-state index is 12.1. The number of halogens is 1. The van der Waals surface area contributed by atoms with Crippen LogP contribution < -0.4 is 5.32 Å². The van der Waals surface area contributed by atoms with Crippen LogP contribution in [0.1, 0.15) is 18.5 Å². The largest absolute Gasteiger partial charge is 0.408 e. The van der Waals surface area contributed by atoms with Crippen LogP contribution in [0.2, 0.25) is 5.02 Å². The number of para-hydroxylation sites is 1. The van der Waals surface area contributed by atoms with Crippen LogP contribution in [0.4, 0.5) is 11.5 Å². The molecule has 24 heavy (non-hydrogen) atoms. The number of nitrogens with one attached hydrogen (secondary N) is 1. The average molecular weight is 369 g/mol. The molecule has 128 valence electrons. The molecule has 0 saturated carbocycles. The number of aromatic nitrogens is 2. The zero-order valence-electron chi connectivity index (χ0n) is 13.3. The summed E-state index contributed by atoms with van der Waals surface area (Å²) in [5.74, 6) is -0.463. The molecule has 0 aliphatic heterocycles. The lowest BCUT2D eigenvalue weighted by atomic mass is 10.2. The second-order valence-electron chi connectivity index (χ2n) is 5.06. The van der Waals surface area contributed by atoms with Gasteiger partial charge in [-0.05, 0) is 36.7 Å². The van der Waals surface area contributed by atoms with Crippen LogP contribution in [0.15, 0.2) is 29.2 Å². The van der Waals surface area contributed by atoms with E-state index in [-0.39, 0.29) is 23.2 Å². The van der Waals surface area contributed by atoms with Gasteiger partial charge in [0.15, 0.2) is 5.02 Å². The van der Waals surface area contributed by atoms with Gasteiger partial charge in [-0.3, -0.25) is 4.79 Å². The van der Waals surface area contributed by atoms with E-state index in [1.807, 2.05) is 30.5 Å². The van der Waals surface area contributed by atoms with Gasteiger partial charge in [0.05, 0.1) is 23.0 Å². The van der Waals surface area contributed by atoms with Crippen LogP contribution in [0.25, 0.3) is 0 Å². The molecular formula is C15H17ClN4O3S. The topological polar surface area (TPSA) is 90.1 Å². The minimum absolute atomic E-state index is 0.0401. The molecule has 0 spiro atoms. The van der Waals surface area contributed by atoms with Gasteiger partial charge in [0, 0.05) is 11.3 Å². The predicted molar refractivity (Wildman–Crippen MR) is 94.7 cm³/mol. The Bertz CT molecular complexity index is 763. The molecule has 0 aliphatic rings. The summed E-state index contributed by atoms with van der Waals surface area (Å²) >= 11 is 7.44. The Morgan fingerprint density at radius 2 is 2.17 bits per heavy atom. The van der Waals surface area contributed by atoms with Crippen molar-refractivity contribution in [2.45, 2.75) is 31.2 Å². The van der Waals surface area contributed by atoms with Gasteiger partial charge in [-0.2, -0.15) is 4.68 Å². The number of nitrogens with zero attached hydrogens (tertiary/aromatic N) is 3. The predicted octanol–water partition coefficient (Wildman–Crippen LogP) is 3.89. The van der Waals surface area contributed by atoms with E-state index in [0.29, 0.717) is 18.7 Å². The minimum atomic E-state index is -0.613. The molecule has 1 heterocycles. The van der Waals surface area contributed by atoms with Gasteiger partial charge in [0.25, 0.3) is 0 Å². The molecule has 0 atom stereocenters. The molecule has 7 nitrogen and oxygen atoms in total. The van der Waals surface area contributed by atoms with Gasteiger partial charge in [0.1, 0.15) is 0 Å². The summed E-state index contributed by atoms with van der Waals surface area (Å²) in [6, 6.07) is 7.57. The third-order valence-corrected chi connectivity index (χ3v) is 4.68. The molecule has 2 aromatic rings. The van der Waals surface area contributed by atoms with Gasteiger partial charge < -0.3 is 15.4 Å². The quantitative estimate of drug-likeness (QED) is 0.454. The van der Waals surface area contributed by atoms with Crippen molar-refractivity contribution >= 4 is 40.8 Å². The van der Waals surface area contributed by atoms with Crippen LogP contribution in [0.5, 0.6) is 0 Å². The Balaban J connectivity index is 1.91. The smallest absolute Gasteiger partial charge is 0.358 e. The lowest BCUT2D eigenvalue weighted by Gasteiger charge is -2.09. The SMILES string of the molecule is CSc1ccccc1NC(=O)CCCn1nc([N+](=O)[O-])c(Cl)c1C. The second-order valence-corrected chi connectivity index (χ2v) is 6.28. The number of aryl methyl sites for hydroxylation is 1. The van der Waals surface area contributed by atoms with Gasteiger partial charge >= 0.3 is 5.82 Å². The fourth-order valence-corrected chi connectivity index (χ4v) is 2.95. The minimum Gasteiger partial charge on any atom is -0.358 e. The summed E-state index contributed by atoms with van der Waals surface area (Å²) in [6.07, 6.45) is 2.73. The van der Waals surface area contributed by atoms with Crippen molar-refractivity contribution < 1.29 is 9.72 Å². The van der Waals surface area contributed by atoms with Crippen LogP contribution in [0, 0.1) is 17.0 Å². The normalized spacial score (nSPS) is 10.6. The van der Waals surface area contributed by atoms with Crippen molar-refractivity contribution in [3.05, 3.63) is 45.1 Å². The van der Waals surface area contributed by atoms with Crippen LogP contribution in [-0.2, 0) is 11.3 Å². The van der Waals surface area contributed by atoms with Gasteiger partial charge in [-0.15, -0.1) is 11.8 Å². The molecule has 0 radical (unpaired) electrons. The fourth-order valence-electron chi connectivity index (χ4n) is 2.19. The molecule has 0 saturated heterocycles. The number of thioether (sulfide) groups is 1. The molecule has 1 amide bonds. The van der Waals surface area contributed by atoms with Crippen molar-refractivity contribution in [1.29, 1.82) is 0 Å². The first-order valence-electron chi connectivity index (χ1n) is 7.24. The summed E-state index contributed by atoms with van der Waals surface area (Å²) in [4.78, 5) is 23.2. The first-order chi connectivity index (χ1) is 11.4. The monoisotopic (exact) mass is 368 g/mol. The standard InChI is InChI=1S/C15H17ClN4O3S/c1-10-14(16)15(20(22)23)18-19(10)9-5-8-13(21)17-11-6-3-4-7-12(11)24-2/h3-4,6-7H,5,8-9H2,1-2H3,(H,17,21). The number of benzene rings is 1. The molecular weight excluding hydrogens is 352 g/mol. The van der Waals surface area contributed by atoms with Crippen molar-refractivity contribution in [2.24, 2.45) is 0 Å². The molecule has 2 rings (SSSR count). The first-order valence-corrected chi connectivity index (χ1v) is 8.84. The fraction of sp³-hybridized carbons (Fsp3) is 0.333. The molecule has 0 aliphatic carbocycles. The number of carbonyl (C=O) groups is 1. The van der Waals surface area contributed by atoms with Gasteiger partial charge in [-0.1, -0.05) is 23.7 Å². The van der Waals surface area contributed by atoms with E-state index in [0.717, 1.165) is 10.6 Å². The highest BCUT2D eigenvalue weighted by atomic mass is 35.5. The number of carbonyl (C=O) groups excluding carboxylic acids is 1. The van der Waals surface area contributed by atoms with Crippen LogP contribution in [-0.4, -0.2) is 26.9 Å². The Morgan fingerprint density at radius 1 is 1.46 bits per heavy atom. The molecule has 9 heteroatoms. The third kappa shape index (κ3) is 4.27. The lowest BCUT2D eigenvalue weighted by molar-refractivity contribution is -0.389. The van der Waals surface area contributed by atoms with E-state index in [1.54, 1.807) is 18.7 Å². The molecule has 0 fully saturated rings. The zero-order valence-corrected chi connectivity index (χ0v) is 14.9. The zero-order chi connectivity index (χ0) is 17.7. The Hall–Kier alpha value is -2.06. The number of amides is 1. The Labute approximate surface area is 148 Å². The van der Waals surface area contributed by atoms with Crippen molar-refractivity contribution in [3.63, 3.8) is 0 Å². The molecule has 0 unspecified atom stereocenters. The number of hydrogen-bond donors (Lipinski definition) is 1. The van der Waals surface area contributed by atoms with E-state index in [9.17, 15) is 14.9 Å². The van der Waals surface area contributed by atoms with Crippen molar-refractivity contribution in [1.82, 2.24) is 9.78 Å². The summed E-state index contributed by atoms with van der Waals surface area (Å²) in [5, 5.41) is 17.6. The third-order valence-electron chi connectivity index (χ3n) is 3.44. The van der Waals surface area contributed by atoms with Crippen molar-refractivity contribution in [3.8, 4) is 0 Å². The van der Waals surface area contributed by atoms with Crippen LogP contribution >= 0.6 is 23.4 Å². The lowest BCUT2D eigenvalue weighted by Crippen LogP contribution is -2.13. The first kappa shape index (κ1) is 18.3. The highest BCUT2D eigenvalue weighted by molar-refractivity contribution is 7.98. The number of anilines is 1. The molecule has 1 N–H and O–H groups in total. The highest BCUT2D eigenvalue weighted by Gasteiger charge is 2.23. The summed E-state index contributed by atoms with van der Waals surface area (Å²) in [6.45, 7) is 2.05. The van der Waals surface area contributed by atoms with E-state index in [1.165, 1.54) is 4.68 Å². The number of nitro groups is 1.